The van der Waals surface area contributed by atoms with Gasteiger partial charge in [-0.15, -0.1) is 0 Å². The molecule has 5 heteroatoms. The van der Waals surface area contributed by atoms with E-state index in [-0.39, 0.29) is 11.0 Å². The van der Waals surface area contributed by atoms with Crippen molar-refractivity contribution in [1.29, 1.82) is 0 Å². The number of anilines is 1. The quantitative estimate of drug-likeness (QED) is 0.461. The number of hydrogen-bond donors (Lipinski definition) is 2. The molecule has 0 bridgehead atoms. The van der Waals surface area contributed by atoms with Gasteiger partial charge in [0.05, 0.1) is 5.56 Å². The molecule has 0 saturated heterocycles. The molecule has 0 radical (unpaired) electrons. The van der Waals surface area contributed by atoms with Crippen LogP contribution in [0.4, 0.5) is 5.69 Å². The molecule has 0 aromatic heterocycles. The summed E-state index contributed by atoms with van der Waals surface area (Å²) in [7, 11) is 0. The van der Waals surface area contributed by atoms with Crippen molar-refractivity contribution in [3.63, 3.8) is 0 Å². The minimum absolute atomic E-state index is 0.215. The zero-order chi connectivity index (χ0) is 16.2. The summed E-state index contributed by atoms with van der Waals surface area (Å²) in [5, 5.41) is 8.32. The fourth-order valence-electron chi connectivity index (χ4n) is 2.25. The summed E-state index contributed by atoms with van der Waals surface area (Å²) in [6.45, 7) is 0. The third-order valence-corrected chi connectivity index (χ3v) is 4.50. The van der Waals surface area contributed by atoms with Gasteiger partial charge >= 0.3 is 0 Å². The number of amides is 1. The molecule has 0 atom stereocenters. The van der Waals surface area contributed by atoms with E-state index < -0.39 is 0 Å². The third-order valence-electron chi connectivity index (χ3n) is 3.35. The molecule has 3 aromatic carbocycles. The Bertz CT molecular complexity index is 895. The highest BCUT2D eigenvalue weighted by Gasteiger charge is 2.10. The average molecular weight is 432 g/mol. The summed E-state index contributed by atoms with van der Waals surface area (Å²) in [4.78, 5) is 12.2. The van der Waals surface area contributed by atoms with E-state index in [1.165, 1.54) is 0 Å². The predicted molar refractivity (Wildman–Crippen MR) is 107 cm³/mol. The number of halogens is 1. The molecular weight excluding hydrogens is 419 g/mol. The maximum absolute atomic E-state index is 12.2. The van der Waals surface area contributed by atoms with Crippen molar-refractivity contribution in [3.05, 3.63) is 75.9 Å². The fourth-order valence-corrected chi connectivity index (χ4v) is 3.09. The van der Waals surface area contributed by atoms with Gasteiger partial charge < -0.3 is 5.32 Å². The van der Waals surface area contributed by atoms with E-state index in [4.69, 9.17) is 12.2 Å². The summed E-state index contributed by atoms with van der Waals surface area (Å²) in [5.41, 5.74) is 1.45. The van der Waals surface area contributed by atoms with Crippen LogP contribution in [0.3, 0.4) is 0 Å². The van der Waals surface area contributed by atoms with Crippen molar-refractivity contribution in [2.45, 2.75) is 0 Å². The maximum atomic E-state index is 12.2. The first-order valence-corrected chi connectivity index (χ1v) is 8.48. The van der Waals surface area contributed by atoms with E-state index >= 15 is 0 Å². The molecule has 0 heterocycles. The number of thiocarbonyl (C=S) groups is 1. The lowest BCUT2D eigenvalue weighted by atomic mass is 10.1. The Labute approximate surface area is 153 Å². The standard InChI is InChI=1S/C18H13IN2OS/c19-16-8-4-3-7-15(16)17(22)21-18(23)20-14-10-9-12-5-1-2-6-13(12)11-14/h1-11H,(H2,20,21,22,23). The molecule has 0 aliphatic carbocycles. The summed E-state index contributed by atoms with van der Waals surface area (Å²) >= 11 is 7.36. The molecule has 3 nitrogen and oxygen atoms in total. The van der Waals surface area contributed by atoms with Gasteiger partial charge in [0.1, 0.15) is 0 Å². The molecule has 3 aromatic rings. The highest BCUT2D eigenvalue weighted by molar-refractivity contribution is 14.1. The number of rotatable bonds is 2. The van der Waals surface area contributed by atoms with E-state index in [0.29, 0.717) is 5.56 Å². The Morgan fingerprint density at radius 1 is 0.913 bits per heavy atom. The van der Waals surface area contributed by atoms with E-state index in [9.17, 15) is 4.79 Å². The smallest absolute Gasteiger partial charge is 0.258 e. The van der Waals surface area contributed by atoms with Gasteiger partial charge in [0.2, 0.25) is 0 Å². The second-order valence-corrected chi connectivity index (χ2v) is 6.52. The van der Waals surface area contributed by atoms with Gasteiger partial charge in [-0.05, 0) is 69.8 Å². The Balaban J connectivity index is 1.71. The van der Waals surface area contributed by atoms with E-state index in [0.717, 1.165) is 20.0 Å². The van der Waals surface area contributed by atoms with E-state index in [1.807, 2.05) is 54.6 Å². The number of carbonyl (C=O) groups is 1. The van der Waals surface area contributed by atoms with Gasteiger partial charge in [-0.2, -0.15) is 0 Å². The van der Waals surface area contributed by atoms with Crippen molar-refractivity contribution in [2.24, 2.45) is 0 Å². The lowest BCUT2D eigenvalue weighted by Gasteiger charge is -2.11. The monoisotopic (exact) mass is 432 g/mol. The Morgan fingerprint density at radius 2 is 1.61 bits per heavy atom. The van der Waals surface area contributed by atoms with Crippen LogP contribution in [-0.2, 0) is 0 Å². The first-order chi connectivity index (χ1) is 11.1. The van der Waals surface area contributed by atoms with Crippen LogP contribution in [0.1, 0.15) is 10.4 Å². The largest absolute Gasteiger partial charge is 0.332 e. The SMILES string of the molecule is O=C(NC(=S)Nc1ccc2ccccc2c1)c1ccccc1I. The minimum Gasteiger partial charge on any atom is -0.332 e. The van der Waals surface area contributed by atoms with Gasteiger partial charge in [0, 0.05) is 9.26 Å². The Kier molecular flexibility index (Phi) is 4.88. The third kappa shape index (κ3) is 3.86. The number of fused-ring (bicyclic) bond motifs is 1. The molecule has 114 valence electrons. The summed E-state index contributed by atoms with van der Waals surface area (Å²) in [6, 6.07) is 21.4. The molecule has 0 unspecified atom stereocenters. The summed E-state index contributed by atoms with van der Waals surface area (Å²) in [5.74, 6) is -0.215. The molecule has 0 aliphatic heterocycles. The minimum atomic E-state index is -0.215. The zero-order valence-electron chi connectivity index (χ0n) is 12.0. The van der Waals surface area contributed by atoms with Crippen LogP contribution in [0.2, 0.25) is 0 Å². The lowest BCUT2D eigenvalue weighted by molar-refractivity contribution is 0.0977. The Hall–Kier alpha value is -1.99. The number of hydrogen-bond acceptors (Lipinski definition) is 2. The van der Waals surface area contributed by atoms with E-state index in [1.54, 1.807) is 6.07 Å². The van der Waals surface area contributed by atoms with Gasteiger partial charge in [-0.25, -0.2) is 0 Å². The molecule has 0 saturated carbocycles. The first kappa shape index (κ1) is 15.9. The highest BCUT2D eigenvalue weighted by Crippen LogP contribution is 2.18. The second kappa shape index (κ2) is 7.06. The lowest BCUT2D eigenvalue weighted by Crippen LogP contribution is -2.34. The Morgan fingerprint density at radius 3 is 2.39 bits per heavy atom. The molecule has 0 fully saturated rings. The van der Waals surface area contributed by atoms with Crippen LogP contribution in [-0.4, -0.2) is 11.0 Å². The molecule has 0 aliphatic rings. The topological polar surface area (TPSA) is 41.1 Å². The van der Waals surface area contributed by atoms with Gasteiger partial charge in [-0.3, -0.25) is 10.1 Å². The van der Waals surface area contributed by atoms with Crippen molar-refractivity contribution in [3.8, 4) is 0 Å². The molecular formula is C18H13IN2OS. The van der Waals surface area contributed by atoms with Gasteiger partial charge in [0.25, 0.3) is 5.91 Å². The van der Waals surface area contributed by atoms with Crippen LogP contribution in [0.15, 0.2) is 66.7 Å². The van der Waals surface area contributed by atoms with Gasteiger partial charge in [0.15, 0.2) is 5.11 Å². The normalized spacial score (nSPS) is 10.3. The van der Waals surface area contributed by atoms with Crippen molar-refractivity contribution in [1.82, 2.24) is 5.32 Å². The summed E-state index contributed by atoms with van der Waals surface area (Å²) < 4.78 is 0.885. The van der Waals surface area contributed by atoms with Crippen molar-refractivity contribution in [2.75, 3.05) is 5.32 Å². The van der Waals surface area contributed by atoms with Crippen LogP contribution in [0, 0.1) is 3.57 Å². The van der Waals surface area contributed by atoms with Crippen LogP contribution >= 0.6 is 34.8 Å². The average Bonchev–Trinajstić information content (AvgIpc) is 2.55. The zero-order valence-corrected chi connectivity index (χ0v) is 15.0. The number of benzene rings is 3. The molecule has 3 rings (SSSR count). The molecule has 2 N–H and O–H groups in total. The van der Waals surface area contributed by atoms with Crippen LogP contribution in [0.25, 0.3) is 10.8 Å². The number of nitrogens with one attached hydrogen (secondary N) is 2. The number of carbonyl (C=O) groups excluding carboxylic acids is 1. The summed E-state index contributed by atoms with van der Waals surface area (Å²) in [6.07, 6.45) is 0. The second-order valence-electron chi connectivity index (χ2n) is 4.95. The fraction of sp³-hybridized carbons (Fsp3) is 0. The molecule has 0 spiro atoms. The maximum Gasteiger partial charge on any atom is 0.258 e. The van der Waals surface area contributed by atoms with Crippen molar-refractivity contribution < 1.29 is 4.79 Å². The first-order valence-electron chi connectivity index (χ1n) is 6.99. The van der Waals surface area contributed by atoms with Gasteiger partial charge in [-0.1, -0.05) is 42.5 Å². The highest BCUT2D eigenvalue weighted by atomic mass is 127. The molecule has 1 amide bonds. The van der Waals surface area contributed by atoms with E-state index in [2.05, 4.69) is 39.3 Å². The van der Waals surface area contributed by atoms with Crippen LogP contribution in [0.5, 0.6) is 0 Å². The van der Waals surface area contributed by atoms with Crippen molar-refractivity contribution >= 4 is 62.3 Å². The molecule has 23 heavy (non-hydrogen) atoms. The predicted octanol–water partition coefficient (Wildman–Crippen LogP) is 4.57. The van der Waals surface area contributed by atoms with Crippen LogP contribution < -0.4 is 10.6 Å².